The van der Waals surface area contributed by atoms with E-state index in [0.717, 1.165) is 6.20 Å². The number of hydrogen-bond donors (Lipinski definition) is 1. The first kappa shape index (κ1) is 7.65. The van der Waals surface area contributed by atoms with Gasteiger partial charge in [-0.25, -0.2) is 4.39 Å². The van der Waals surface area contributed by atoms with Crippen LogP contribution in [-0.2, 0) is 0 Å². The second kappa shape index (κ2) is 2.65. The number of pyridine rings is 1. The number of primary amides is 1. The summed E-state index contributed by atoms with van der Waals surface area (Å²) in [7, 11) is 0. The molecular formula is C7H7FN2O. The molecular weight excluding hydrogens is 147 g/mol. The van der Waals surface area contributed by atoms with Gasteiger partial charge < -0.3 is 5.73 Å². The third-order valence-electron chi connectivity index (χ3n) is 1.42. The summed E-state index contributed by atoms with van der Waals surface area (Å²) in [6.07, 6.45) is 2.29. The second-order valence-electron chi connectivity index (χ2n) is 2.16. The molecule has 2 N–H and O–H groups in total. The van der Waals surface area contributed by atoms with Crippen molar-refractivity contribution in [3.8, 4) is 0 Å². The molecule has 1 heterocycles. The monoisotopic (exact) mass is 154 g/mol. The molecule has 0 atom stereocenters. The predicted molar refractivity (Wildman–Crippen MR) is 37.4 cm³/mol. The summed E-state index contributed by atoms with van der Waals surface area (Å²) in [5, 5.41) is 0. The summed E-state index contributed by atoms with van der Waals surface area (Å²) in [6.45, 7) is 1.48. The van der Waals surface area contributed by atoms with E-state index in [2.05, 4.69) is 4.98 Å². The zero-order valence-corrected chi connectivity index (χ0v) is 5.97. The van der Waals surface area contributed by atoms with E-state index in [0.29, 0.717) is 0 Å². The number of carbonyl (C=O) groups is 1. The molecule has 1 aromatic rings. The van der Waals surface area contributed by atoms with E-state index in [-0.39, 0.29) is 11.1 Å². The fourth-order valence-electron chi connectivity index (χ4n) is 0.748. The Bertz CT molecular complexity index is 298. The number of carbonyl (C=O) groups excluding carboxylic acids is 1. The Morgan fingerprint density at radius 2 is 2.27 bits per heavy atom. The summed E-state index contributed by atoms with van der Waals surface area (Å²) in [5.74, 6) is -1.17. The number of amides is 1. The molecule has 3 nitrogen and oxygen atoms in total. The molecule has 11 heavy (non-hydrogen) atoms. The SMILES string of the molecule is Cc1c(F)cncc1C(N)=O. The molecule has 0 unspecified atom stereocenters. The van der Waals surface area contributed by atoms with Gasteiger partial charge in [0.2, 0.25) is 0 Å². The number of nitrogens with zero attached hydrogens (tertiary/aromatic N) is 1. The van der Waals surface area contributed by atoms with Crippen LogP contribution in [0.4, 0.5) is 4.39 Å². The van der Waals surface area contributed by atoms with Crippen LogP contribution in [0.15, 0.2) is 12.4 Å². The molecule has 0 aliphatic carbocycles. The van der Waals surface area contributed by atoms with Crippen molar-refractivity contribution in [3.63, 3.8) is 0 Å². The lowest BCUT2D eigenvalue weighted by molar-refractivity contribution is 0.0999. The number of nitrogens with two attached hydrogens (primary N) is 1. The summed E-state index contributed by atoms with van der Waals surface area (Å²) in [6, 6.07) is 0. The van der Waals surface area contributed by atoms with E-state index < -0.39 is 11.7 Å². The van der Waals surface area contributed by atoms with Crippen molar-refractivity contribution in [2.45, 2.75) is 6.92 Å². The van der Waals surface area contributed by atoms with Crippen molar-refractivity contribution < 1.29 is 9.18 Å². The van der Waals surface area contributed by atoms with Crippen LogP contribution in [0.25, 0.3) is 0 Å². The van der Waals surface area contributed by atoms with Crippen molar-refractivity contribution >= 4 is 5.91 Å². The third kappa shape index (κ3) is 1.34. The van der Waals surface area contributed by atoms with Crippen LogP contribution in [0, 0.1) is 12.7 Å². The molecule has 0 bridgehead atoms. The van der Waals surface area contributed by atoms with Gasteiger partial charge in [-0.2, -0.15) is 0 Å². The Hall–Kier alpha value is -1.45. The quantitative estimate of drug-likeness (QED) is 0.644. The van der Waals surface area contributed by atoms with Crippen LogP contribution >= 0.6 is 0 Å². The largest absolute Gasteiger partial charge is 0.366 e. The lowest BCUT2D eigenvalue weighted by Crippen LogP contribution is -2.13. The van der Waals surface area contributed by atoms with Gasteiger partial charge in [-0.15, -0.1) is 0 Å². The molecule has 4 heteroatoms. The average molecular weight is 154 g/mol. The normalized spacial score (nSPS) is 9.64. The van der Waals surface area contributed by atoms with Gasteiger partial charge in [-0.05, 0) is 6.92 Å². The highest BCUT2D eigenvalue weighted by atomic mass is 19.1. The van der Waals surface area contributed by atoms with E-state index in [1.165, 1.54) is 13.1 Å². The first-order chi connectivity index (χ1) is 5.13. The molecule has 1 amide bonds. The fourth-order valence-corrected chi connectivity index (χ4v) is 0.748. The maximum atomic E-state index is 12.7. The predicted octanol–water partition coefficient (Wildman–Crippen LogP) is 0.628. The second-order valence-corrected chi connectivity index (χ2v) is 2.16. The smallest absolute Gasteiger partial charge is 0.250 e. The van der Waals surface area contributed by atoms with Crippen molar-refractivity contribution in [1.82, 2.24) is 4.98 Å². The van der Waals surface area contributed by atoms with Crippen molar-refractivity contribution in [1.29, 1.82) is 0 Å². The molecule has 0 aliphatic heterocycles. The van der Waals surface area contributed by atoms with E-state index in [9.17, 15) is 9.18 Å². The van der Waals surface area contributed by atoms with E-state index in [1.807, 2.05) is 0 Å². The molecule has 1 aromatic heterocycles. The topological polar surface area (TPSA) is 56.0 Å². The zero-order valence-electron chi connectivity index (χ0n) is 5.97. The maximum absolute atomic E-state index is 12.7. The maximum Gasteiger partial charge on any atom is 0.250 e. The number of halogens is 1. The molecule has 0 aliphatic rings. The first-order valence-electron chi connectivity index (χ1n) is 3.03. The van der Waals surface area contributed by atoms with Gasteiger partial charge in [0.05, 0.1) is 11.8 Å². The van der Waals surface area contributed by atoms with Crippen molar-refractivity contribution in [2.24, 2.45) is 5.73 Å². The Morgan fingerprint density at radius 1 is 1.64 bits per heavy atom. The Balaban J connectivity index is 3.27. The lowest BCUT2D eigenvalue weighted by atomic mass is 10.1. The van der Waals surface area contributed by atoms with Gasteiger partial charge >= 0.3 is 0 Å². The van der Waals surface area contributed by atoms with Gasteiger partial charge in [0.1, 0.15) is 5.82 Å². The highest BCUT2D eigenvalue weighted by Gasteiger charge is 2.07. The Labute approximate surface area is 63.0 Å². The standard InChI is InChI=1S/C7H7FN2O/c1-4-5(7(9)11)2-10-3-6(4)8/h2-3H,1H3,(H2,9,11). The molecule has 0 radical (unpaired) electrons. The van der Waals surface area contributed by atoms with E-state index in [1.54, 1.807) is 0 Å². The molecule has 58 valence electrons. The molecule has 1 rings (SSSR count). The van der Waals surface area contributed by atoms with Crippen LogP contribution in [0.5, 0.6) is 0 Å². The minimum atomic E-state index is -0.658. The zero-order chi connectivity index (χ0) is 8.43. The minimum Gasteiger partial charge on any atom is -0.366 e. The summed E-state index contributed by atoms with van der Waals surface area (Å²) >= 11 is 0. The highest BCUT2D eigenvalue weighted by molar-refractivity contribution is 5.93. The van der Waals surface area contributed by atoms with E-state index >= 15 is 0 Å². The van der Waals surface area contributed by atoms with E-state index in [4.69, 9.17) is 5.73 Å². The summed E-state index contributed by atoms with van der Waals surface area (Å²) < 4.78 is 12.7. The van der Waals surface area contributed by atoms with Crippen LogP contribution in [0.1, 0.15) is 15.9 Å². The molecule has 0 saturated carbocycles. The third-order valence-corrected chi connectivity index (χ3v) is 1.42. The summed E-state index contributed by atoms with van der Waals surface area (Å²) in [4.78, 5) is 14.1. The number of hydrogen-bond acceptors (Lipinski definition) is 2. The van der Waals surface area contributed by atoms with Crippen LogP contribution < -0.4 is 5.73 Å². The molecule has 0 spiro atoms. The Morgan fingerprint density at radius 3 is 2.73 bits per heavy atom. The number of aromatic nitrogens is 1. The summed E-state index contributed by atoms with van der Waals surface area (Å²) in [5.41, 5.74) is 5.31. The molecule has 0 saturated heterocycles. The van der Waals surface area contributed by atoms with Gasteiger partial charge in [-0.3, -0.25) is 9.78 Å². The van der Waals surface area contributed by atoms with Gasteiger partial charge in [-0.1, -0.05) is 0 Å². The van der Waals surface area contributed by atoms with Crippen molar-refractivity contribution in [2.75, 3.05) is 0 Å². The minimum absolute atomic E-state index is 0.130. The molecule has 0 aromatic carbocycles. The van der Waals surface area contributed by atoms with Gasteiger partial charge in [0, 0.05) is 11.8 Å². The first-order valence-corrected chi connectivity index (χ1v) is 3.03. The van der Waals surface area contributed by atoms with Crippen LogP contribution in [-0.4, -0.2) is 10.9 Å². The fraction of sp³-hybridized carbons (Fsp3) is 0.143. The lowest BCUT2D eigenvalue weighted by Gasteiger charge is -1.99. The van der Waals surface area contributed by atoms with Crippen LogP contribution in [0.3, 0.4) is 0 Å². The Kier molecular flexibility index (Phi) is 1.85. The number of rotatable bonds is 1. The highest BCUT2D eigenvalue weighted by Crippen LogP contribution is 2.08. The van der Waals surface area contributed by atoms with Crippen LogP contribution in [0.2, 0.25) is 0 Å². The van der Waals surface area contributed by atoms with Crippen molar-refractivity contribution in [3.05, 3.63) is 29.3 Å². The van der Waals surface area contributed by atoms with Gasteiger partial charge in [0.15, 0.2) is 0 Å². The molecule has 0 fully saturated rings. The van der Waals surface area contributed by atoms with Gasteiger partial charge in [0.25, 0.3) is 5.91 Å². The average Bonchev–Trinajstić information content (AvgIpc) is 1.94.